The quantitative estimate of drug-likeness (QED) is 0.491. The summed E-state index contributed by atoms with van der Waals surface area (Å²) in [5.74, 6) is 5.28. The minimum atomic E-state index is 0.187. The third-order valence-electron chi connectivity index (χ3n) is 1.32. The summed E-state index contributed by atoms with van der Waals surface area (Å²) < 4.78 is 0. The first-order valence-corrected chi connectivity index (χ1v) is 3.70. The van der Waals surface area contributed by atoms with E-state index in [4.69, 9.17) is 0 Å². The highest BCUT2D eigenvalue weighted by Gasteiger charge is 1.91. The molecular formula is C10H7NO2. The van der Waals surface area contributed by atoms with Crippen molar-refractivity contribution in [2.24, 2.45) is 0 Å². The molecule has 0 spiro atoms. The molecule has 1 aromatic heterocycles. The van der Waals surface area contributed by atoms with Gasteiger partial charge in [-0.25, -0.2) is 4.98 Å². The normalized spacial score (nSPS) is 8.31. The zero-order valence-electron chi connectivity index (χ0n) is 6.86. The molecule has 0 aliphatic carbocycles. The summed E-state index contributed by atoms with van der Waals surface area (Å²) in [5.41, 5.74) is 1.04. The van der Waals surface area contributed by atoms with Gasteiger partial charge in [-0.1, -0.05) is 5.92 Å². The van der Waals surface area contributed by atoms with Gasteiger partial charge < -0.3 is 4.79 Å². The molecule has 0 saturated heterocycles. The van der Waals surface area contributed by atoms with Crippen LogP contribution >= 0.6 is 0 Å². The lowest BCUT2D eigenvalue weighted by Gasteiger charge is -1.89. The van der Waals surface area contributed by atoms with Gasteiger partial charge in [-0.3, -0.25) is 4.79 Å². The number of hydrogen-bond acceptors (Lipinski definition) is 3. The fourth-order valence-electron chi connectivity index (χ4n) is 0.772. The number of carbonyl (C=O) groups excluding carboxylic acids is 2. The van der Waals surface area contributed by atoms with Gasteiger partial charge in [0.25, 0.3) is 0 Å². The lowest BCUT2D eigenvalue weighted by Crippen LogP contribution is -1.85. The predicted molar refractivity (Wildman–Crippen MR) is 47.2 cm³/mol. The molecule has 0 N–H and O–H groups in total. The molecule has 13 heavy (non-hydrogen) atoms. The first kappa shape index (κ1) is 9.14. The Hall–Kier alpha value is -1.95. The van der Waals surface area contributed by atoms with Crippen LogP contribution < -0.4 is 0 Å². The molecule has 1 heterocycles. The van der Waals surface area contributed by atoms with E-state index in [-0.39, 0.29) is 6.42 Å². The van der Waals surface area contributed by atoms with Crippen molar-refractivity contribution in [2.45, 2.75) is 6.42 Å². The Labute approximate surface area is 75.8 Å². The molecule has 0 aliphatic heterocycles. The standard InChI is InChI=1S/C10H7NO2/c12-6-2-1-3-10-7-9(8-13)4-5-11-10/h4-8H,2H2. The van der Waals surface area contributed by atoms with Gasteiger partial charge in [-0.2, -0.15) is 0 Å². The molecule has 0 fully saturated rings. The van der Waals surface area contributed by atoms with Crippen LogP contribution in [0, 0.1) is 11.8 Å². The summed E-state index contributed by atoms with van der Waals surface area (Å²) in [6.45, 7) is 0. The summed E-state index contributed by atoms with van der Waals surface area (Å²) in [5, 5.41) is 0. The van der Waals surface area contributed by atoms with Crippen molar-refractivity contribution >= 4 is 12.6 Å². The lowest BCUT2D eigenvalue weighted by atomic mass is 10.2. The average molecular weight is 173 g/mol. The second-order valence-corrected chi connectivity index (χ2v) is 2.26. The summed E-state index contributed by atoms with van der Waals surface area (Å²) in [6, 6.07) is 3.17. The minimum absolute atomic E-state index is 0.187. The van der Waals surface area contributed by atoms with Gasteiger partial charge in [-0.05, 0) is 18.1 Å². The summed E-state index contributed by atoms with van der Waals surface area (Å²) in [4.78, 5) is 24.2. The molecule has 3 nitrogen and oxygen atoms in total. The molecule has 0 radical (unpaired) electrons. The van der Waals surface area contributed by atoms with E-state index in [1.54, 1.807) is 12.1 Å². The van der Waals surface area contributed by atoms with Crippen molar-refractivity contribution in [1.29, 1.82) is 0 Å². The monoisotopic (exact) mass is 173 g/mol. The number of aromatic nitrogens is 1. The maximum Gasteiger partial charge on any atom is 0.150 e. The van der Waals surface area contributed by atoms with Crippen LogP contribution in [-0.2, 0) is 4.79 Å². The van der Waals surface area contributed by atoms with Crippen LogP contribution in [0.3, 0.4) is 0 Å². The van der Waals surface area contributed by atoms with Crippen molar-refractivity contribution in [3.63, 3.8) is 0 Å². The van der Waals surface area contributed by atoms with Gasteiger partial charge in [-0.15, -0.1) is 0 Å². The Balaban J connectivity index is 2.84. The third kappa shape index (κ3) is 2.88. The number of pyridine rings is 1. The van der Waals surface area contributed by atoms with E-state index in [0.717, 1.165) is 12.6 Å². The molecule has 64 valence electrons. The number of carbonyl (C=O) groups is 2. The second-order valence-electron chi connectivity index (χ2n) is 2.26. The van der Waals surface area contributed by atoms with Crippen molar-refractivity contribution in [1.82, 2.24) is 4.98 Å². The Morgan fingerprint density at radius 3 is 3.00 bits per heavy atom. The van der Waals surface area contributed by atoms with Crippen LogP contribution in [0.25, 0.3) is 0 Å². The molecule has 0 bridgehead atoms. The van der Waals surface area contributed by atoms with Gasteiger partial charge >= 0.3 is 0 Å². The highest BCUT2D eigenvalue weighted by Crippen LogP contribution is 1.96. The number of aldehydes is 2. The minimum Gasteiger partial charge on any atom is -0.302 e. The molecule has 0 aromatic carbocycles. The van der Waals surface area contributed by atoms with Gasteiger partial charge in [0.2, 0.25) is 0 Å². The van der Waals surface area contributed by atoms with Crippen molar-refractivity contribution < 1.29 is 9.59 Å². The molecule has 0 amide bonds. The Morgan fingerprint density at radius 2 is 2.31 bits per heavy atom. The maximum absolute atomic E-state index is 10.4. The maximum atomic E-state index is 10.4. The van der Waals surface area contributed by atoms with Crippen LogP contribution in [0.15, 0.2) is 18.3 Å². The fourth-order valence-corrected chi connectivity index (χ4v) is 0.772. The third-order valence-corrected chi connectivity index (χ3v) is 1.32. The van der Waals surface area contributed by atoms with E-state index in [2.05, 4.69) is 16.8 Å². The van der Waals surface area contributed by atoms with E-state index >= 15 is 0 Å². The van der Waals surface area contributed by atoms with Crippen LogP contribution in [0.2, 0.25) is 0 Å². The molecule has 0 saturated carbocycles. The van der Waals surface area contributed by atoms with Gasteiger partial charge in [0.1, 0.15) is 18.3 Å². The number of nitrogens with zero attached hydrogens (tertiary/aromatic N) is 1. The van der Waals surface area contributed by atoms with Crippen molar-refractivity contribution in [3.8, 4) is 11.8 Å². The zero-order chi connectivity index (χ0) is 9.52. The predicted octanol–water partition coefficient (Wildman–Crippen LogP) is 0.835. The molecule has 1 rings (SSSR count). The summed E-state index contributed by atoms with van der Waals surface area (Å²) >= 11 is 0. The lowest BCUT2D eigenvalue weighted by molar-refractivity contribution is -0.107. The molecular weight excluding hydrogens is 166 g/mol. The molecule has 0 aliphatic rings. The van der Waals surface area contributed by atoms with Crippen molar-refractivity contribution in [2.75, 3.05) is 0 Å². The Morgan fingerprint density at radius 1 is 1.46 bits per heavy atom. The average Bonchev–Trinajstić information content (AvgIpc) is 2.19. The first-order valence-electron chi connectivity index (χ1n) is 3.70. The topological polar surface area (TPSA) is 47.0 Å². The van der Waals surface area contributed by atoms with E-state index < -0.39 is 0 Å². The molecule has 0 atom stereocenters. The van der Waals surface area contributed by atoms with Gasteiger partial charge in [0, 0.05) is 11.8 Å². The molecule has 1 aromatic rings. The van der Waals surface area contributed by atoms with Crippen LogP contribution in [0.4, 0.5) is 0 Å². The number of rotatable bonds is 2. The summed E-state index contributed by atoms with van der Waals surface area (Å²) in [7, 11) is 0. The second kappa shape index (κ2) is 4.83. The SMILES string of the molecule is O=CCC#Cc1cc(C=O)ccn1. The van der Waals surface area contributed by atoms with Crippen LogP contribution in [-0.4, -0.2) is 17.6 Å². The first-order chi connectivity index (χ1) is 6.36. The van der Waals surface area contributed by atoms with E-state index in [1.807, 2.05) is 0 Å². The van der Waals surface area contributed by atoms with Crippen LogP contribution in [0.1, 0.15) is 22.5 Å². The number of hydrogen-bond donors (Lipinski definition) is 0. The highest BCUT2D eigenvalue weighted by molar-refractivity contribution is 5.74. The van der Waals surface area contributed by atoms with E-state index in [0.29, 0.717) is 11.3 Å². The van der Waals surface area contributed by atoms with Crippen LogP contribution in [0.5, 0.6) is 0 Å². The van der Waals surface area contributed by atoms with Gasteiger partial charge in [0.05, 0.1) is 6.42 Å². The highest BCUT2D eigenvalue weighted by atomic mass is 16.1. The van der Waals surface area contributed by atoms with E-state index in [9.17, 15) is 9.59 Å². The zero-order valence-corrected chi connectivity index (χ0v) is 6.86. The smallest absolute Gasteiger partial charge is 0.150 e. The largest absolute Gasteiger partial charge is 0.302 e. The Bertz CT molecular complexity index is 374. The summed E-state index contributed by atoms with van der Waals surface area (Å²) in [6.07, 6.45) is 3.14. The fraction of sp³-hybridized carbons (Fsp3) is 0.100. The van der Waals surface area contributed by atoms with Crippen molar-refractivity contribution in [3.05, 3.63) is 29.6 Å². The molecule has 3 heteroatoms. The van der Waals surface area contributed by atoms with E-state index in [1.165, 1.54) is 6.20 Å². The molecule has 0 unspecified atom stereocenters. The van der Waals surface area contributed by atoms with Gasteiger partial charge in [0.15, 0.2) is 0 Å². The Kier molecular flexibility index (Phi) is 3.40.